The molecule has 1 heterocycles. The third-order valence-corrected chi connectivity index (χ3v) is 4.10. The van der Waals surface area contributed by atoms with Gasteiger partial charge in [0.2, 0.25) is 5.91 Å². The zero-order chi connectivity index (χ0) is 16.8. The summed E-state index contributed by atoms with van der Waals surface area (Å²) in [7, 11) is 1.28. The summed E-state index contributed by atoms with van der Waals surface area (Å²) in [6, 6.07) is 7.23. The number of halogens is 1. The number of carbonyl (C=O) groups excluding carboxylic acids is 2. The molecule has 126 valence electrons. The van der Waals surface area contributed by atoms with Crippen LogP contribution in [0.15, 0.2) is 24.3 Å². The van der Waals surface area contributed by atoms with E-state index in [1.807, 2.05) is 24.3 Å². The first-order valence-corrected chi connectivity index (χ1v) is 7.97. The second-order valence-electron chi connectivity index (χ2n) is 5.59. The zero-order valence-electron chi connectivity index (χ0n) is 13.4. The lowest BCUT2D eigenvalue weighted by molar-refractivity contribution is -0.134. The van der Waals surface area contributed by atoms with Crippen LogP contribution in [-0.4, -0.2) is 61.1 Å². The van der Waals surface area contributed by atoms with Crippen LogP contribution in [0.4, 0.5) is 4.79 Å². The summed E-state index contributed by atoms with van der Waals surface area (Å²) < 4.78 is 4.51. The molecule has 1 atom stereocenters. The van der Waals surface area contributed by atoms with E-state index >= 15 is 0 Å². The molecule has 6 nitrogen and oxygen atoms in total. The van der Waals surface area contributed by atoms with Gasteiger partial charge in [-0.05, 0) is 24.6 Å². The van der Waals surface area contributed by atoms with Crippen molar-refractivity contribution < 1.29 is 14.3 Å². The highest BCUT2D eigenvalue weighted by molar-refractivity contribution is 6.30. The minimum absolute atomic E-state index is 0.0854. The molecule has 1 aromatic rings. The molecule has 0 aromatic heterocycles. The molecule has 2 rings (SSSR count). The first-order chi connectivity index (χ1) is 11.0. The molecule has 1 aliphatic heterocycles. The van der Waals surface area contributed by atoms with E-state index in [9.17, 15) is 9.59 Å². The van der Waals surface area contributed by atoms with Crippen molar-refractivity contribution in [1.82, 2.24) is 15.1 Å². The lowest BCUT2D eigenvalue weighted by Crippen LogP contribution is -2.53. The Hall–Kier alpha value is -1.79. The summed E-state index contributed by atoms with van der Waals surface area (Å²) in [5.41, 5.74) is 1.16. The summed E-state index contributed by atoms with van der Waals surface area (Å²) in [5, 5.41) is 3.24. The Morgan fingerprint density at radius 3 is 2.61 bits per heavy atom. The molecule has 23 heavy (non-hydrogen) atoms. The van der Waals surface area contributed by atoms with Gasteiger partial charge in [0.25, 0.3) is 0 Å². The molecular formula is C16H22ClN3O3. The molecule has 0 radical (unpaired) electrons. The topological polar surface area (TPSA) is 61.9 Å². The number of ether oxygens (including phenoxy) is 1. The minimum Gasteiger partial charge on any atom is -0.453 e. The van der Waals surface area contributed by atoms with Gasteiger partial charge in [-0.2, -0.15) is 0 Å². The molecule has 1 aromatic carbocycles. The van der Waals surface area contributed by atoms with Crippen molar-refractivity contribution in [3.63, 3.8) is 0 Å². The fourth-order valence-electron chi connectivity index (χ4n) is 2.59. The van der Waals surface area contributed by atoms with E-state index in [1.165, 1.54) is 7.11 Å². The van der Waals surface area contributed by atoms with Crippen LogP contribution in [0.25, 0.3) is 0 Å². The highest BCUT2D eigenvalue weighted by Crippen LogP contribution is 2.14. The van der Waals surface area contributed by atoms with Crippen LogP contribution in [0.2, 0.25) is 5.02 Å². The number of nitrogens with zero attached hydrogens (tertiary/aromatic N) is 2. The van der Waals surface area contributed by atoms with Crippen LogP contribution in [0.1, 0.15) is 12.5 Å². The average Bonchev–Trinajstić information content (AvgIpc) is 2.54. The summed E-state index contributed by atoms with van der Waals surface area (Å²) in [5.74, 6) is -0.0854. The Balaban J connectivity index is 1.81. The molecule has 0 saturated carbocycles. The SMILES string of the molecule is COC(=O)N[C@H](C)C(=O)N1CCN(Cc2cccc(Cl)c2)CC1. The summed E-state index contributed by atoms with van der Waals surface area (Å²) in [6.45, 7) is 5.36. The number of nitrogens with one attached hydrogen (secondary N) is 1. The Kier molecular flexibility index (Phi) is 6.24. The summed E-state index contributed by atoms with van der Waals surface area (Å²) in [4.78, 5) is 27.5. The third-order valence-electron chi connectivity index (χ3n) is 3.87. The van der Waals surface area contributed by atoms with E-state index in [4.69, 9.17) is 11.6 Å². The van der Waals surface area contributed by atoms with E-state index < -0.39 is 12.1 Å². The number of benzene rings is 1. The van der Waals surface area contributed by atoms with E-state index in [1.54, 1.807) is 11.8 Å². The molecule has 0 aliphatic carbocycles. The minimum atomic E-state index is -0.592. The lowest BCUT2D eigenvalue weighted by atomic mass is 10.2. The predicted molar refractivity (Wildman–Crippen MR) is 88.3 cm³/mol. The maximum Gasteiger partial charge on any atom is 0.407 e. The van der Waals surface area contributed by atoms with Crippen LogP contribution in [-0.2, 0) is 16.1 Å². The van der Waals surface area contributed by atoms with Crippen LogP contribution >= 0.6 is 11.6 Å². The maximum absolute atomic E-state index is 12.3. The molecule has 1 fully saturated rings. The lowest BCUT2D eigenvalue weighted by Gasteiger charge is -2.36. The van der Waals surface area contributed by atoms with E-state index in [-0.39, 0.29) is 5.91 Å². The van der Waals surface area contributed by atoms with Crippen molar-refractivity contribution in [1.29, 1.82) is 0 Å². The van der Waals surface area contributed by atoms with E-state index in [2.05, 4.69) is 15.0 Å². The Morgan fingerprint density at radius 1 is 1.30 bits per heavy atom. The predicted octanol–water partition coefficient (Wildman–Crippen LogP) is 1.73. The molecule has 0 spiro atoms. The normalized spacial score (nSPS) is 16.7. The van der Waals surface area contributed by atoms with Gasteiger partial charge in [-0.3, -0.25) is 9.69 Å². The number of carbonyl (C=O) groups is 2. The molecule has 1 N–H and O–H groups in total. The van der Waals surface area contributed by atoms with Gasteiger partial charge in [0.1, 0.15) is 6.04 Å². The second kappa shape index (κ2) is 8.17. The fourth-order valence-corrected chi connectivity index (χ4v) is 2.80. The Morgan fingerprint density at radius 2 is 2.00 bits per heavy atom. The fraction of sp³-hybridized carbons (Fsp3) is 0.500. The van der Waals surface area contributed by atoms with Crippen LogP contribution in [0.5, 0.6) is 0 Å². The Bertz CT molecular complexity index is 559. The summed E-state index contributed by atoms with van der Waals surface area (Å²) >= 11 is 6.00. The summed E-state index contributed by atoms with van der Waals surface area (Å²) in [6.07, 6.45) is -0.592. The molecule has 1 saturated heterocycles. The van der Waals surface area contributed by atoms with Gasteiger partial charge in [-0.15, -0.1) is 0 Å². The van der Waals surface area contributed by atoms with Gasteiger partial charge in [0.05, 0.1) is 7.11 Å². The standard InChI is InChI=1S/C16H22ClN3O3/c1-12(18-16(22)23-2)15(21)20-8-6-19(7-9-20)11-13-4-3-5-14(17)10-13/h3-5,10,12H,6-9,11H2,1-2H3,(H,18,22)/t12-/m1/s1. The molecular weight excluding hydrogens is 318 g/mol. The number of alkyl carbamates (subject to hydrolysis) is 1. The number of rotatable bonds is 4. The third kappa shape index (κ3) is 5.11. The van der Waals surface area contributed by atoms with Crippen LogP contribution < -0.4 is 5.32 Å². The van der Waals surface area contributed by atoms with E-state index in [0.29, 0.717) is 13.1 Å². The highest BCUT2D eigenvalue weighted by atomic mass is 35.5. The van der Waals surface area contributed by atoms with Gasteiger partial charge < -0.3 is 15.0 Å². The van der Waals surface area contributed by atoms with Gasteiger partial charge in [-0.1, -0.05) is 23.7 Å². The number of hydrogen-bond acceptors (Lipinski definition) is 4. The first kappa shape index (κ1) is 17.6. The maximum atomic E-state index is 12.3. The van der Waals surface area contributed by atoms with Crippen molar-refractivity contribution in [2.24, 2.45) is 0 Å². The van der Waals surface area contributed by atoms with Gasteiger partial charge >= 0.3 is 6.09 Å². The van der Waals surface area contributed by atoms with Crippen molar-refractivity contribution in [3.05, 3.63) is 34.9 Å². The largest absolute Gasteiger partial charge is 0.453 e. The molecule has 7 heteroatoms. The van der Waals surface area contributed by atoms with Gasteiger partial charge in [-0.25, -0.2) is 4.79 Å². The number of methoxy groups -OCH3 is 1. The molecule has 0 bridgehead atoms. The molecule has 0 unspecified atom stereocenters. The van der Waals surface area contributed by atoms with Crippen molar-refractivity contribution >= 4 is 23.6 Å². The average molecular weight is 340 g/mol. The van der Waals surface area contributed by atoms with Crippen LogP contribution in [0, 0.1) is 0 Å². The molecule has 1 aliphatic rings. The first-order valence-electron chi connectivity index (χ1n) is 7.59. The second-order valence-corrected chi connectivity index (χ2v) is 6.03. The number of amides is 2. The smallest absolute Gasteiger partial charge is 0.407 e. The van der Waals surface area contributed by atoms with Crippen LogP contribution in [0.3, 0.4) is 0 Å². The monoisotopic (exact) mass is 339 g/mol. The number of piperazine rings is 1. The quantitative estimate of drug-likeness (QED) is 0.907. The molecule has 2 amide bonds. The van der Waals surface area contributed by atoms with Crippen molar-refractivity contribution in [2.45, 2.75) is 19.5 Å². The number of hydrogen-bond donors (Lipinski definition) is 1. The highest BCUT2D eigenvalue weighted by Gasteiger charge is 2.25. The van der Waals surface area contributed by atoms with Crippen molar-refractivity contribution in [3.8, 4) is 0 Å². The van der Waals surface area contributed by atoms with Gasteiger partial charge in [0.15, 0.2) is 0 Å². The van der Waals surface area contributed by atoms with Crippen molar-refractivity contribution in [2.75, 3.05) is 33.3 Å². The zero-order valence-corrected chi connectivity index (χ0v) is 14.2. The van der Waals surface area contributed by atoms with Gasteiger partial charge in [0, 0.05) is 37.7 Å². The van der Waals surface area contributed by atoms with E-state index in [0.717, 1.165) is 30.2 Å². The Labute approximate surface area is 141 Å².